The molecule has 2 heterocycles. The summed E-state index contributed by atoms with van der Waals surface area (Å²) >= 11 is 0. The molecule has 4 nitrogen and oxygen atoms in total. The Bertz CT molecular complexity index is 400. The van der Waals surface area contributed by atoms with E-state index in [4.69, 9.17) is 10.5 Å². The lowest BCUT2D eigenvalue weighted by atomic mass is 10.1. The molecule has 0 amide bonds. The van der Waals surface area contributed by atoms with Gasteiger partial charge in [-0.15, -0.1) is 0 Å². The molecule has 0 aliphatic carbocycles. The van der Waals surface area contributed by atoms with E-state index in [1.54, 1.807) is 0 Å². The highest BCUT2D eigenvalue weighted by molar-refractivity contribution is 5.25. The van der Waals surface area contributed by atoms with Gasteiger partial charge in [-0.1, -0.05) is 13.3 Å². The maximum absolute atomic E-state index is 6.04. The van der Waals surface area contributed by atoms with Crippen LogP contribution in [0.4, 0.5) is 0 Å². The monoisotopic (exact) mass is 263 g/mol. The summed E-state index contributed by atoms with van der Waals surface area (Å²) in [7, 11) is 2.16. The average molecular weight is 263 g/mol. The number of aryl methyl sites for hydroxylation is 1. The minimum absolute atomic E-state index is 0.297. The number of hydrogen-bond acceptors (Lipinski definition) is 4. The molecule has 19 heavy (non-hydrogen) atoms. The van der Waals surface area contributed by atoms with E-state index in [1.807, 2.05) is 6.07 Å². The van der Waals surface area contributed by atoms with Gasteiger partial charge in [-0.25, -0.2) is 4.98 Å². The molecule has 2 rings (SSSR count). The summed E-state index contributed by atoms with van der Waals surface area (Å²) in [4.78, 5) is 6.93. The van der Waals surface area contributed by atoms with Crippen molar-refractivity contribution in [2.45, 2.75) is 45.3 Å². The molecule has 1 aromatic rings. The van der Waals surface area contributed by atoms with Crippen LogP contribution in [0, 0.1) is 0 Å². The minimum atomic E-state index is 0.297. The zero-order chi connectivity index (χ0) is 13.7. The Kier molecular flexibility index (Phi) is 5.16. The van der Waals surface area contributed by atoms with E-state index in [1.165, 1.54) is 0 Å². The lowest BCUT2D eigenvalue weighted by molar-refractivity contribution is 0.109. The third-order valence-corrected chi connectivity index (χ3v) is 3.61. The van der Waals surface area contributed by atoms with Crippen LogP contribution in [0.2, 0.25) is 0 Å². The van der Waals surface area contributed by atoms with Crippen molar-refractivity contribution in [1.82, 2.24) is 9.88 Å². The number of nitrogens with two attached hydrogens (primary N) is 1. The number of piperidine rings is 1. The van der Waals surface area contributed by atoms with Gasteiger partial charge in [-0.3, -0.25) is 0 Å². The number of likely N-dealkylation sites (tertiary alicyclic amines) is 1. The van der Waals surface area contributed by atoms with Crippen LogP contribution < -0.4 is 10.5 Å². The highest BCUT2D eigenvalue weighted by atomic mass is 16.5. The van der Waals surface area contributed by atoms with Crippen molar-refractivity contribution in [3.05, 3.63) is 23.4 Å². The van der Waals surface area contributed by atoms with E-state index >= 15 is 0 Å². The zero-order valence-electron chi connectivity index (χ0n) is 12.1. The molecule has 0 spiro atoms. The first-order chi connectivity index (χ1) is 9.21. The highest BCUT2D eigenvalue weighted by Crippen LogP contribution is 2.19. The maximum Gasteiger partial charge on any atom is 0.214 e. The van der Waals surface area contributed by atoms with E-state index in [0.717, 1.165) is 55.9 Å². The van der Waals surface area contributed by atoms with Crippen LogP contribution in [0.3, 0.4) is 0 Å². The Morgan fingerprint density at radius 1 is 1.37 bits per heavy atom. The largest absolute Gasteiger partial charge is 0.474 e. The van der Waals surface area contributed by atoms with Gasteiger partial charge in [0.25, 0.3) is 0 Å². The minimum Gasteiger partial charge on any atom is -0.474 e. The summed E-state index contributed by atoms with van der Waals surface area (Å²) in [5, 5.41) is 0. The fourth-order valence-corrected chi connectivity index (χ4v) is 2.46. The molecule has 0 bridgehead atoms. The lowest BCUT2D eigenvalue weighted by Crippen LogP contribution is -2.35. The van der Waals surface area contributed by atoms with Gasteiger partial charge in [0.05, 0.1) is 0 Å². The van der Waals surface area contributed by atoms with Crippen molar-refractivity contribution in [2.75, 3.05) is 20.1 Å². The normalized spacial score (nSPS) is 17.6. The van der Waals surface area contributed by atoms with Crippen molar-refractivity contribution in [3.8, 4) is 5.88 Å². The molecular weight excluding hydrogens is 238 g/mol. The Morgan fingerprint density at radius 3 is 2.74 bits per heavy atom. The molecule has 1 saturated heterocycles. The van der Waals surface area contributed by atoms with E-state index in [2.05, 4.69) is 29.9 Å². The summed E-state index contributed by atoms with van der Waals surface area (Å²) < 4.78 is 6.04. The number of pyridine rings is 1. The summed E-state index contributed by atoms with van der Waals surface area (Å²) in [5.41, 5.74) is 7.95. The summed E-state index contributed by atoms with van der Waals surface area (Å²) in [6.07, 6.45) is 4.53. The first kappa shape index (κ1) is 14.3. The summed E-state index contributed by atoms with van der Waals surface area (Å²) in [6.45, 7) is 4.91. The van der Waals surface area contributed by atoms with Crippen LogP contribution in [0.1, 0.15) is 37.4 Å². The third kappa shape index (κ3) is 4.18. The van der Waals surface area contributed by atoms with Crippen molar-refractivity contribution in [2.24, 2.45) is 5.73 Å². The van der Waals surface area contributed by atoms with Gasteiger partial charge in [0.2, 0.25) is 5.88 Å². The number of hydrogen-bond donors (Lipinski definition) is 1. The fraction of sp³-hybridized carbons (Fsp3) is 0.667. The van der Waals surface area contributed by atoms with Crippen LogP contribution in [0.15, 0.2) is 12.1 Å². The van der Waals surface area contributed by atoms with Crippen LogP contribution in [0.5, 0.6) is 5.88 Å². The molecule has 0 radical (unpaired) electrons. The van der Waals surface area contributed by atoms with Gasteiger partial charge in [-0.2, -0.15) is 0 Å². The van der Waals surface area contributed by atoms with Crippen molar-refractivity contribution in [1.29, 1.82) is 0 Å². The molecule has 106 valence electrons. The Morgan fingerprint density at radius 2 is 2.11 bits per heavy atom. The van der Waals surface area contributed by atoms with Crippen LogP contribution in [0.25, 0.3) is 0 Å². The molecule has 2 N–H and O–H groups in total. The molecule has 0 unspecified atom stereocenters. The molecule has 4 heteroatoms. The third-order valence-electron chi connectivity index (χ3n) is 3.61. The van der Waals surface area contributed by atoms with Crippen molar-refractivity contribution in [3.63, 3.8) is 0 Å². The van der Waals surface area contributed by atoms with Crippen LogP contribution in [-0.4, -0.2) is 36.1 Å². The predicted molar refractivity (Wildman–Crippen MR) is 77.3 cm³/mol. The summed E-state index contributed by atoms with van der Waals surface area (Å²) in [5.74, 6) is 0.751. The van der Waals surface area contributed by atoms with Gasteiger partial charge in [-0.05, 0) is 37.9 Å². The smallest absolute Gasteiger partial charge is 0.214 e. The van der Waals surface area contributed by atoms with Crippen LogP contribution >= 0.6 is 0 Å². The molecule has 1 fully saturated rings. The molecule has 1 aliphatic heterocycles. The zero-order valence-corrected chi connectivity index (χ0v) is 12.1. The Hall–Kier alpha value is -1.13. The molecule has 1 aliphatic rings. The van der Waals surface area contributed by atoms with Gasteiger partial charge < -0.3 is 15.4 Å². The van der Waals surface area contributed by atoms with E-state index in [-0.39, 0.29) is 0 Å². The highest BCUT2D eigenvalue weighted by Gasteiger charge is 2.18. The molecule has 0 aromatic carbocycles. The van der Waals surface area contributed by atoms with E-state index < -0.39 is 0 Å². The lowest BCUT2D eigenvalue weighted by Gasteiger charge is -2.29. The topological polar surface area (TPSA) is 51.4 Å². The number of ether oxygens (including phenoxy) is 1. The second-order valence-corrected chi connectivity index (χ2v) is 5.38. The first-order valence-corrected chi connectivity index (χ1v) is 7.26. The maximum atomic E-state index is 6.04. The van der Waals surface area contributed by atoms with Crippen LogP contribution in [-0.2, 0) is 13.0 Å². The number of rotatable bonds is 5. The second kappa shape index (κ2) is 6.87. The van der Waals surface area contributed by atoms with E-state index in [0.29, 0.717) is 12.6 Å². The SMILES string of the molecule is CCCc1cc(CN)cc(OC2CCN(C)CC2)n1. The Labute approximate surface area is 116 Å². The van der Waals surface area contributed by atoms with Crippen molar-refractivity contribution < 1.29 is 4.74 Å². The molecule has 0 saturated carbocycles. The number of aromatic nitrogens is 1. The summed E-state index contributed by atoms with van der Waals surface area (Å²) in [6, 6.07) is 4.07. The predicted octanol–water partition coefficient (Wildman–Crippen LogP) is 1.97. The second-order valence-electron chi connectivity index (χ2n) is 5.38. The van der Waals surface area contributed by atoms with Gasteiger partial charge >= 0.3 is 0 Å². The van der Waals surface area contributed by atoms with Gasteiger partial charge in [0.1, 0.15) is 6.10 Å². The first-order valence-electron chi connectivity index (χ1n) is 7.26. The standard InChI is InChI=1S/C15H25N3O/c1-3-4-13-9-12(11-16)10-15(17-13)19-14-5-7-18(2)8-6-14/h9-10,14H,3-8,11,16H2,1-2H3. The van der Waals surface area contributed by atoms with E-state index in [9.17, 15) is 0 Å². The molecule has 1 aromatic heterocycles. The molecular formula is C15H25N3O. The Balaban J connectivity index is 2.04. The molecule has 0 atom stereocenters. The quantitative estimate of drug-likeness (QED) is 0.882. The van der Waals surface area contributed by atoms with Gasteiger partial charge in [0.15, 0.2) is 0 Å². The van der Waals surface area contributed by atoms with Gasteiger partial charge in [0, 0.05) is 31.4 Å². The number of nitrogens with zero attached hydrogens (tertiary/aromatic N) is 2. The average Bonchev–Trinajstić information content (AvgIpc) is 2.41. The van der Waals surface area contributed by atoms with Crippen molar-refractivity contribution >= 4 is 0 Å². The fourth-order valence-electron chi connectivity index (χ4n) is 2.46.